The van der Waals surface area contributed by atoms with E-state index in [0.717, 1.165) is 61.4 Å². The molecule has 1 saturated heterocycles. The van der Waals surface area contributed by atoms with Gasteiger partial charge in [-0.15, -0.1) is 11.8 Å². The molecule has 138 valence electrons. The Hall–Kier alpha value is -1.66. The van der Waals surface area contributed by atoms with Crippen molar-refractivity contribution in [2.75, 3.05) is 6.61 Å². The van der Waals surface area contributed by atoms with E-state index in [9.17, 15) is 9.18 Å². The highest BCUT2D eigenvalue weighted by atomic mass is 32.2. The largest absolute Gasteiger partial charge is 0.376 e. The molecular weight excluding hydrogens is 351 g/mol. The molecule has 4 rings (SSSR count). The number of hydrogen-bond acceptors (Lipinski definition) is 4. The third kappa shape index (κ3) is 3.86. The van der Waals surface area contributed by atoms with Crippen molar-refractivity contribution < 1.29 is 9.13 Å². The van der Waals surface area contributed by atoms with Gasteiger partial charge >= 0.3 is 5.69 Å². The second-order valence-corrected chi connectivity index (χ2v) is 7.96. The molecule has 6 heteroatoms. The molecule has 0 unspecified atom stereocenters. The van der Waals surface area contributed by atoms with Crippen molar-refractivity contribution in [1.82, 2.24) is 9.55 Å². The number of benzene rings is 1. The fourth-order valence-electron chi connectivity index (χ4n) is 3.78. The van der Waals surface area contributed by atoms with Gasteiger partial charge in [0.1, 0.15) is 10.8 Å². The lowest BCUT2D eigenvalue weighted by molar-refractivity contribution is 0.0947. The minimum absolute atomic E-state index is 0.137. The van der Waals surface area contributed by atoms with Crippen molar-refractivity contribution in [2.24, 2.45) is 0 Å². The van der Waals surface area contributed by atoms with Crippen LogP contribution >= 0.6 is 11.8 Å². The smallest absolute Gasteiger partial charge is 0.348 e. The summed E-state index contributed by atoms with van der Waals surface area (Å²) in [6, 6.07) is 6.51. The third-order valence-electron chi connectivity index (χ3n) is 5.15. The van der Waals surface area contributed by atoms with Gasteiger partial charge in [0.25, 0.3) is 0 Å². The normalized spacial score (nSPS) is 19.5. The molecule has 1 aromatic heterocycles. The van der Waals surface area contributed by atoms with Crippen LogP contribution in [-0.2, 0) is 29.9 Å². The predicted molar refractivity (Wildman–Crippen MR) is 100 cm³/mol. The van der Waals surface area contributed by atoms with E-state index in [-0.39, 0.29) is 17.6 Å². The number of thioether (sulfide) groups is 1. The maximum absolute atomic E-state index is 13.1. The molecule has 1 fully saturated rings. The van der Waals surface area contributed by atoms with Crippen LogP contribution in [0.3, 0.4) is 0 Å². The van der Waals surface area contributed by atoms with Crippen molar-refractivity contribution in [3.8, 4) is 0 Å². The maximum atomic E-state index is 13.1. The lowest BCUT2D eigenvalue weighted by Gasteiger charge is -2.24. The molecule has 2 aliphatic rings. The molecule has 0 N–H and O–H groups in total. The summed E-state index contributed by atoms with van der Waals surface area (Å²) in [5.74, 6) is 0.459. The zero-order valence-corrected chi connectivity index (χ0v) is 15.6. The predicted octanol–water partition coefficient (Wildman–Crippen LogP) is 3.73. The van der Waals surface area contributed by atoms with Crippen LogP contribution in [-0.4, -0.2) is 22.3 Å². The summed E-state index contributed by atoms with van der Waals surface area (Å²) in [5.41, 5.74) is 3.24. The zero-order valence-electron chi connectivity index (χ0n) is 14.7. The minimum Gasteiger partial charge on any atom is -0.376 e. The van der Waals surface area contributed by atoms with E-state index in [2.05, 4.69) is 4.98 Å². The Balaban J connectivity index is 1.59. The molecular formula is C20H23FN2O2S. The SMILES string of the molecule is O=c1nc(SCc2ccc(F)cc2)c2c(n1C[C@@H]1CCCO1)CCCC2. The molecule has 1 atom stereocenters. The number of hydrogen-bond donors (Lipinski definition) is 0. The van der Waals surface area contributed by atoms with Gasteiger partial charge in [0.15, 0.2) is 0 Å². The first-order chi connectivity index (χ1) is 12.7. The van der Waals surface area contributed by atoms with Crippen molar-refractivity contribution in [3.05, 3.63) is 57.4 Å². The lowest BCUT2D eigenvalue weighted by atomic mass is 9.97. The summed E-state index contributed by atoms with van der Waals surface area (Å²) >= 11 is 1.58. The van der Waals surface area contributed by atoms with Crippen molar-refractivity contribution in [1.29, 1.82) is 0 Å². The van der Waals surface area contributed by atoms with Gasteiger partial charge < -0.3 is 4.74 Å². The molecule has 0 radical (unpaired) electrons. The number of nitrogens with zero attached hydrogens (tertiary/aromatic N) is 2. The van der Waals surface area contributed by atoms with Gasteiger partial charge in [0.05, 0.1) is 12.6 Å². The molecule has 1 aliphatic carbocycles. The Morgan fingerprint density at radius 2 is 2.00 bits per heavy atom. The number of fused-ring (bicyclic) bond motifs is 1. The molecule has 4 nitrogen and oxygen atoms in total. The van der Waals surface area contributed by atoms with E-state index < -0.39 is 0 Å². The molecule has 0 saturated carbocycles. The summed E-state index contributed by atoms with van der Waals surface area (Å²) in [4.78, 5) is 17.1. The number of aromatic nitrogens is 2. The minimum atomic E-state index is -0.231. The summed E-state index contributed by atoms with van der Waals surface area (Å²) < 4.78 is 20.6. The molecule has 2 aromatic rings. The maximum Gasteiger partial charge on any atom is 0.348 e. The summed E-state index contributed by atoms with van der Waals surface area (Å²) in [5, 5.41) is 0.845. The average Bonchev–Trinajstić information content (AvgIpc) is 3.17. The third-order valence-corrected chi connectivity index (χ3v) is 6.24. The van der Waals surface area contributed by atoms with Crippen LogP contribution in [0.2, 0.25) is 0 Å². The summed E-state index contributed by atoms with van der Waals surface area (Å²) in [6.45, 7) is 1.41. The van der Waals surface area contributed by atoms with Crippen LogP contribution in [0, 0.1) is 5.82 Å². The van der Waals surface area contributed by atoms with Crippen LogP contribution in [0.1, 0.15) is 42.5 Å². The summed E-state index contributed by atoms with van der Waals surface area (Å²) in [7, 11) is 0. The molecule has 26 heavy (non-hydrogen) atoms. The Bertz CT molecular complexity index is 829. The quantitative estimate of drug-likeness (QED) is 0.591. The Labute approximate surface area is 156 Å². The first-order valence-corrected chi connectivity index (χ1v) is 10.3. The summed E-state index contributed by atoms with van der Waals surface area (Å²) in [6.07, 6.45) is 6.38. The van der Waals surface area contributed by atoms with E-state index in [0.29, 0.717) is 12.3 Å². The standard InChI is InChI=1S/C20H23FN2O2S/c21-15-9-7-14(8-10-15)13-26-19-17-5-1-2-6-18(17)23(20(24)22-19)12-16-4-3-11-25-16/h7-10,16H,1-6,11-13H2/t16-/m0/s1. The van der Waals surface area contributed by atoms with E-state index in [1.54, 1.807) is 23.9 Å². The van der Waals surface area contributed by atoms with Crippen LogP contribution in [0.5, 0.6) is 0 Å². The highest BCUT2D eigenvalue weighted by Gasteiger charge is 2.24. The first kappa shape index (κ1) is 17.7. The topological polar surface area (TPSA) is 44.1 Å². The second-order valence-electron chi connectivity index (χ2n) is 6.99. The van der Waals surface area contributed by atoms with Gasteiger partial charge in [-0.2, -0.15) is 4.98 Å². The zero-order chi connectivity index (χ0) is 17.9. The van der Waals surface area contributed by atoms with Crippen LogP contribution in [0.4, 0.5) is 4.39 Å². The second kappa shape index (κ2) is 7.92. The van der Waals surface area contributed by atoms with Crippen molar-refractivity contribution in [3.63, 3.8) is 0 Å². The van der Waals surface area contributed by atoms with Gasteiger partial charge in [-0.05, 0) is 56.2 Å². The van der Waals surface area contributed by atoms with E-state index in [1.807, 2.05) is 4.57 Å². The Kier molecular flexibility index (Phi) is 5.41. The van der Waals surface area contributed by atoms with Crippen molar-refractivity contribution >= 4 is 11.8 Å². The average molecular weight is 374 g/mol. The fourth-order valence-corrected chi connectivity index (χ4v) is 4.81. The number of rotatable bonds is 5. The van der Waals surface area contributed by atoms with Crippen molar-refractivity contribution in [2.45, 2.75) is 62.0 Å². The van der Waals surface area contributed by atoms with Gasteiger partial charge in [-0.1, -0.05) is 12.1 Å². The highest BCUT2D eigenvalue weighted by Crippen LogP contribution is 2.30. The molecule has 0 bridgehead atoms. The van der Waals surface area contributed by atoms with E-state index >= 15 is 0 Å². The van der Waals surface area contributed by atoms with Gasteiger partial charge in [-0.3, -0.25) is 4.57 Å². The van der Waals surface area contributed by atoms with E-state index in [4.69, 9.17) is 4.74 Å². The van der Waals surface area contributed by atoms with Crippen LogP contribution in [0.25, 0.3) is 0 Å². The van der Waals surface area contributed by atoms with Gasteiger partial charge in [-0.25, -0.2) is 9.18 Å². The first-order valence-electron chi connectivity index (χ1n) is 9.32. The molecule has 0 spiro atoms. The monoisotopic (exact) mass is 374 g/mol. The lowest BCUT2D eigenvalue weighted by Crippen LogP contribution is -2.33. The van der Waals surface area contributed by atoms with Crippen LogP contribution < -0.4 is 5.69 Å². The molecule has 1 aliphatic heterocycles. The Morgan fingerprint density at radius 1 is 1.19 bits per heavy atom. The number of ether oxygens (including phenoxy) is 1. The van der Waals surface area contributed by atoms with E-state index in [1.165, 1.54) is 17.7 Å². The highest BCUT2D eigenvalue weighted by molar-refractivity contribution is 7.98. The Morgan fingerprint density at radius 3 is 2.77 bits per heavy atom. The molecule has 2 heterocycles. The van der Waals surface area contributed by atoms with Crippen LogP contribution in [0.15, 0.2) is 34.1 Å². The fraction of sp³-hybridized carbons (Fsp3) is 0.500. The van der Waals surface area contributed by atoms with Gasteiger partial charge in [0, 0.05) is 23.6 Å². The van der Waals surface area contributed by atoms with Gasteiger partial charge in [0.2, 0.25) is 0 Å². The number of halogens is 1. The molecule has 0 amide bonds. The molecule has 1 aromatic carbocycles.